The summed E-state index contributed by atoms with van der Waals surface area (Å²) in [5.41, 5.74) is 0. The zero-order chi connectivity index (χ0) is 8.69. The summed E-state index contributed by atoms with van der Waals surface area (Å²) in [7, 11) is 0. The predicted octanol–water partition coefficient (Wildman–Crippen LogP) is -0.0452. The lowest BCUT2D eigenvalue weighted by molar-refractivity contribution is 0.134. The van der Waals surface area contributed by atoms with Gasteiger partial charge in [-0.05, 0) is 20.0 Å². The van der Waals surface area contributed by atoms with Crippen LogP contribution in [0.25, 0.3) is 0 Å². The molecule has 0 aromatic heterocycles. The minimum atomic E-state index is -0.283. The zero-order valence-corrected chi connectivity index (χ0v) is 7.72. The van der Waals surface area contributed by atoms with Crippen molar-refractivity contribution in [3.63, 3.8) is 0 Å². The van der Waals surface area contributed by atoms with E-state index >= 15 is 0 Å². The number of rotatable bonds is 6. The molecule has 11 heavy (non-hydrogen) atoms. The van der Waals surface area contributed by atoms with Gasteiger partial charge in [-0.15, -0.1) is 0 Å². The van der Waals surface area contributed by atoms with E-state index in [2.05, 4.69) is 10.6 Å². The van der Waals surface area contributed by atoms with Crippen molar-refractivity contribution in [1.82, 2.24) is 10.6 Å². The summed E-state index contributed by atoms with van der Waals surface area (Å²) in [5, 5.41) is 15.7. The van der Waals surface area contributed by atoms with Crippen molar-refractivity contribution >= 4 is 0 Å². The normalized spacial score (nSPS) is 16.4. The third kappa shape index (κ3) is 5.18. The van der Waals surface area contributed by atoms with Crippen LogP contribution in [0.2, 0.25) is 0 Å². The van der Waals surface area contributed by atoms with Crippen LogP contribution in [0.3, 0.4) is 0 Å². The van der Waals surface area contributed by atoms with Crippen molar-refractivity contribution in [2.24, 2.45) is 0 Å². The maximum Gasteiger partial charge on any atom is 0.0814 e. The highest BCUT2D eigenvalue weighted by Gasteiger charge is 2.10. The van der Waals surface area contributed by atoms with Crippen molar-refractivity contribution in [3.05, 3.63) is 0 Å². The molecule has 0 amide bonds. The van der Waals surface area contributed by atoms with E-state index in [9.17, 15) is 5.11 Å². The first-order valence-corrected chi connectivity index (χ1v) is 4.34. The highest BCUT2D eigenvalue weighted by Crippen LogP contribution is 1.89. The van der Waals surface area contributed by atoms with Crippen molar-refractivity contribution in [2.45, 2.75) is 32.9 Å². The van der Waals surface area contributed by atoms with E-state index in [4.69, 9.17) is 0 Å². The number of hydrogen-bond acceptors (Lipinski definition) is 3. The third-order valence-electron chi connectivity index (χ3n) is 1.71. The first-order valence-electron chi connectivity index (χ1n) is 4.34. The Balaban J connectivity index is 3.38. The maximum absolute atomic E-state index is 9.45. The Kier molecular flexibility index (Phi) is 6.51. The molecule has 0 fully saturated rings. The molecule has 3 N–H and O–H groups in total. The van der Waals surface area contributed by atoms with Crippen LogP contribution in [-0.4, -0.2) is 36.9 Å². The largest absolute Gasteiger partial charge is 0.390 e. The van der Waals surface area contributed by atoms with Gasteiger partial charge in [0.25, 0.3) is 0 Å². The monoisotopic (exact) mass is 160 g/mol. The quantitative estimate of drug-likeness (QED) is 0.510. The maximum atomic E-state index is 9.45. The van der Waals surface area contributed by atoms with Crippen molar-refractivity contribution in [2.75, 3.05) is 19.6 Å². The van der Waals surface area contributed by atoms with E-state index in [1.165, 1.54) is 0 Å². The van der Waals surface area contributed by atoms with Gasteiger partial charge in [0.05, 0.1) is 6.10 Å². The third-order valence-corrected chi connectivity index (χ3v) is 1.71. The average molecular weight is 160 g/mol. The molecular weight excluding hydrogens is 140 g/mol. The predicted molar refractivity (Wildman–Crippen MR) is 47.7 cm³/mol. The standard InChI is InChI=1S/C8H20N2O/c1-4-9-6-8(11)7(3)10-5-2/h7-11H,4-6H2,1-3H3. The molecule has 0 aromatic carbocycles. The molecule has 0 radical (unpaired) electrons. The van der Waals surface area contributed by atoms with Gasteiger partial charge in [-0.2, -0.15) is 0 Å². The summed E-state index contributed by atoms with van der Waals surface area (Å²) >= 11 is 0. The Morgan fingerprint density at radius 3 is 2.36 bits per heavy atom. The Morgan fingerprint density at radius 1 is 1.27 bits per heavy atom. The second-order valence-electron chi connectivity index (χ2n) is 2.72. The molecule has 3 heteroatoms. The lowest BCUT2D eigenvalue weighted by atomic mass is 10.2. The molecule has 2 atom stereocenters. The average Bonchev–Trinajstić information content (AvgIpc) is 2.00. The Hall–Kier alpha value is -0.120. The molecule has 0 saturated carbocycles. The highest BCUT2D eigenvalue weighted by molar-refractivity contribution is 4.71. The fourth-order valence-corrected chi connectivity index (χ4v) is 0.927. The van der Waals surface area contributed by atoms with Gasteiger partial charge in [0, 0.05) is 12.6 Å². The summed E-state index contributed by atoms with van der Waals surface area (Å²) in [5.74, 6) is 0. The van der Waals surface area contributed by atoms with E-state index in [0.29, 0.717) is 6.54 Å². The van der Waals surface area contributed by atoms with Crippen LogP contribution in [0, 0.1) is 0 Å². The van der Waals surface area contributed by atoms with Crippen LogP contribution in [0.1, 0.15) is 20.8 Å². The van der Waals surface area contributed by atoms with E-state index in [1.807, 2.05) is 20.8 Å². The van der Waals surface area contributed by atoms with Crippen LogP contribution in [0.15, 0.2) is 0 Å². The van der Waals surface area contributed by atoms with E-state index in [1.54, 1.807) is 0 Å². The molecule has 0 saturated heterocycles. The molecule has 0 aromatic rings. The molecular formula is C8H20N2O. The van der Waals surface area contributed by atoms with Crippen LogP contribution in [0.4, 0.5) is 0 Å². The lowest BCUT2D eigenvalue weighted by Gasteiger charge is -2.19. The number of nitrogens with one attached hydrogen (secondary N) is 2. The molecule has 0 aliphatic rings. The Labute approximate surface area is 69.2 Å². The van der Waals surface area contributed by atoms with Gasteiger partial charge in [-0.3, -0.25) is 0 Å². The Bertz CT molecular complexity index is 88.2. The summed E-state index contributed by atoms with van der Waals surface area (Å²) in [6.45, 7) is 8.55. The number of hydrogen-bond donors (Lipinski definition) is 3. The number of aliphatic hydroxyl groups is 1. The summed E-state index contributed by atoms with van der Waals surface area (Å²) in [4.78, 5) is 0. The van der Waals surface area contributed by atoms with Gasteiger partial charge in [0.1, 0.15) is 0 Å². The van der Waals surface area contributed by atoms with Crippen LogP contribution in [0.5, 0.6) is 0 Å². The first-order chi connectivity index (χ1) is 5.22. The van der Waals surface area contributed by atoms with Gasteiger partial charge >= 0.3 is 0 Å². The second-order valence-corrected chi connectivity index (χ2v) is 2.72. The summed E-state index contributed by atoms with van der Waals surface area (Å²) in [6.07, 6.45) is -0.283. The van der Waals surface area contributed by atoms with E-state index in [-0.39, 0.29) is 12.1 Å². The minimum absolute atomic E-state index is 0.180. The van der Waals surface area contributed by atoms with Crippen molar-refractivity contribution in [3.8, 4) is 0 Å². The molecule has 2 unspecified atom stereocenters. The number of likely N-dealkylation sites (N-methyl/N-ethyl adjacent to an activating group) is 2. The lowest BCUT2D eigenvalue weighted by Crippen LogP contribution is -2.43. The molecule has 0 aliphatic carbocycles. The fraction of sp³-hybridized carbons (Fsp3) is 1.00. The van der Waals surface area contributed by atoms with Gasteiger partial charge in [0.2, 0.25) is 0 Å². The highest BCUT2D eigenvalue weighted by atomic mass is 16.3. The van der Waals surface area contributed by atoms with E-state index < -0.39 is 0 Å². The van der Waals surface area contributed by atoms with Crippen molar-refractivity contribution in [1.29, 1.82) is 0 Å². The second kappa shape index (κ2) is 6.58. The van der Waals surface area contributed by atoms with Gasteiger partial charge in [-0.25, -0.2) is 0 Å². The SMILES string of the molecule is CCNCC(O)C(C)NCC. The first kappa shape index (κ1) is 10.9. The van der Waals surface area contributed by atoms with Crippen LogP contribution in [-0.2, 0) is 0 Å². The smallest absolute Gasteiger partial charge is 0.0814 e. The zero-order valence-electron chi connectivity index (χ0n) is 7.72. The van der Waals surface area contributed by atoms with Crippen LogP contribution < -0.4 is 10.6 Å². The van der Waals surface area contributed by atoms with Gasteiger partial charge in [0.15, 0.2) is 0 Å². The molecule has 0 heterocycles. The van der Waals surface area contributed by atoms with Gasteiger partial charge in [-0.1, -0.05) is 13.8 Å². The molecule has 68 valence electrons. The fourth-order valence-electron chi connectivity index (χ4n) is 0.927. The summed E-state index contributed by atoms with van der Waals surface area (Å²) < 4.78 is 0. The molecule has 0 aliphatic heterocycles. The molecule has 3 nitrogen and oxygen atoms in total. The Morgan fingerprint density at radius 2 is 1.91 bits per heavy atom. The van der Waals surface area contributed by atoms with E-state index in [0.717, 1.165) is 13.1 Å². The van der Waals surface area contributed by atoms with Crippen molar-refractivity contribution < 1.29 is 5.11 Å². The number of aliphatic hydroxyl groups excluding tert-OH is 1. The minimum Gasteiger partial charge on any atom is -0.390 e. The molecule has 0 bridgehead atoms. The van der Waals surface area contributed by atoms with Crippen LogP contribution >= 0.6 is 0 Å². The molecule has 0 rings (SSSR count). The van der Waals surface area contributed by atoms with Gasteiger partial charge < -0.3 is 15.7 Å². The molecule has 0 spiro atoms. The summed E-state index contributed by atoms with van der Waals surface area (Å²) in [6, 6.07) is 0.180. The topological polar surface area (TPSA) is 44.3 Å².